The van der Waals surface area contributed by atoms with E-state index < -0.39 is 0 Å². The number of carbonyl (C=O) groups excluding carboxylic acids is 2. The van der Waals surface area contributed by atoms with Gasteiger partial charge in [-0.15, -0.1) is 0 Å². The van der Waals surface area contributed by atoms with Crippen molar-refractivity contribution >= 4 is 11.8 Å². The second-order valence-corrected chi connectivity index (χ2v) is 7.45. The molecular weight excluding hydrogens is 335 g/mol. The fourth-order valence-corrected chi connectivity index (χ4v) is 4.22. The van der Waals surface area contributed by atoms with Crippen molar-refractivity contribution in [1.29, 1.82) is 0 Å². The van der Waals surface area contributed by atoms with Crippen LogP contribution in [0, 0.1) is 17.2 Å². The number of carbonyl (C=O) groups is 2. The molecule has 0 N–H and O–H groups in total. The number of likely N-dealkylation sites (tertiary alicyclic amines) is 2. The van der Waals surface area contributed by atoms with Crippen LogP contribution in [0.25, 0.3) is 0 Å². The van der Waals surface area contributed by atoms with Crippen LogP contribution >= 0.6 is 0 Å². The summed E-state index contributed by atoms with van der Waals surface area (Å²) >= 11 is 0. The zero-order valence-electron chi connectivity index (χ0n) is 15.5. The SMILES string of the molecule is CCOC[C@@]12CCN(C(C)=O)C[C@@H]1CN(C(=O)Cc1ccccc1F)C2. The van der Waals surface area contributed by atoms with E-state index in [-0.39, 0.29) is 35.4 Å². The Labute approximate surface area is 154 Å². The zero-order chi connectivity index (χ0) is 18.7. The molecule has 2 heterocycles. The normalized spacial score (nSPS) is 25.3. The van der Waals surface area contributed by atoms with Crippen LogP contribution < -0.4 is 0 Å². The summed E-state index contributed by atoms with van der Waals surface area (Å²) in [6, 6.07) is 6.41. The molecule has 0 radical (unpaired) electrons. The second kappa shape index (κ2) is 7.74. The standard InChI is InChI=1S/C20H27FN2O3/c1-3-26-14-20-8-9-22(15(2)24)11-17(20)12-23(13-20)19(25)10-16-6-4-5-7-18(16)21/h4-7,17H,3,8-14H2,1-2H3/t17-,20+/m1/s1. The molecule has 2 saturated heterocycles. The summed E-state index contributed by atoms with van der Waals surface area (Å²) in [6.07, 6.45) is 0.904. The Bertz CT molecular complexity index is 681. The molecule has 26 heavy (non-hydrogen) atoms. The third kappa shape index (κ3) is 3.75. The van der Waals surface area contributed by atoms with Crippen LogP contribution in [0.15, 0.2) is 24.3 Å². The number of ether oxygens (including phenoxy) is 1. The highest BCUT2D eigenvalue weighted by Gasteiger charge is 2.51. The van der Waals surface area contributed by atoms with Crippen LogP contribution in [-0.4, -0.2) is 61.0 Å². The van der Waals surface area contributed by atoms with E-state index in [1.54, 1.807) is 25.1 Å². The van der Waals surface area contributed by atoms with Crippen molar-refractivity contribution in [2.24, 2.45) is 11.3 Å². The maximum absolute atomic E-state index is 13.9. The predicted molar refractivity (Wildman–Crippen MR) is 96.0 cm³/mol. The van der Waals surface area contributed by atoms with E-state index in [0.717, 1.165) is 6.42 Å². The third-order valence-corrected chi connectivity index (χ3v) is 5.82. The molecule has 1 aromatic carbocycles. The van der Waals surface area contributed by atoms with Crippen LogP contribution in [0.3, 0.4) is 0 Å². The summed E-state index contributed by atoms with van der Waals surface area (Å²) in [5.41, 5.74) is 0.323. The summed E-state index contributed by atoms with van der Waals surface area (Å²) in [5.74, 6) is -0.124. The first-order valence-corrected chi connectivity index (χ1v) is 9.29. The molecule has 0 aromatic heterocycles. The highest BCUT2D eigenvalue weighted by molar-refractivity contribution is 5.79. The first kappa shape index (κ1) is 18.8. The minimum Gasteiger partial charge on any atom is -0.381 e. The van der Waals surface area contributed by atoms with Gasteiger partial charge in [0.2, 0.25) is 11.8 Å². The van der Waals surface area contributed by atoms with Crippen molar-refractivity contribution in [3.63, 3.8) is 0 Å². The maximum atomic E-state index is 13.9. The number of amides is 2. The first-order chi connectivity index (χ1) is 12.4. The fourth-order valence-electron chi connectivity index (χ4n) is 4.22. The third-order valence-electron chi connectivity index (χ3n) is 5.82. The van der Waals surface area contributed by atoms with Gasteiger partial charge in [0.05, 0.1) is 13.0 Å². The van der Waals surface area contributed by atoms with Crippen LogP contribution in [0.1, 0.15) is 25.8 Å². The van der Waals surface area contributed by atoms with Gasteiger partial charge in [0.1, 0.15) is 5.82 Å². The molecule has 1 aromatic rings. The van der Waals surface area contributed by atoms with E-state index in [0.29, 0.717) is 45.0 Å². The van der Waals surface area contributed by atoms with E-state index in [1.807, 2.05) is 16.7 Å². The van der Waals surface area contributed by atoms with Crippen LogP contribution in [-0.2, 0) is 20.7 Å². The second-order valence-electron chi connectivity index (χ2n) is 7.45. The average Bonchev–Trinajstić information content (AvgIpc) is 3.01. The smallest absolute Gasteiger partial charge is 0.227 e. The molecule has 2 aliphatic rings. The number of hydrogen-bond donors (Lipinski definition) is 0. The van der Waals surface area contributed by atoms with Gasteiger partial charge >= 0.3 is 0 Å². The molecule has 3 rings (SSSR count). The van der Waals surface area contributed by atoms with Gasteiger partial charge in [-0.25, -0.2) is 4.39 Å². The topological polar surface area (TPSA) is 49.9 Å². The lowest BCUT2D eigenvalue weighted by Crippen LogP contribution is -2.50. The molecule has 0 saturated carbocycles. The summed E-state index contributed by atoms with van der Waals surface area (Å²) in [7, 11) is 0. The lowest BCUT2D eigenvalue weighted by Gasteiger charge is -2.42. The van der Waals surface area contributed by atoms with Gasteiger partial charge < -0.3 is 14.5 Å². The molecule has 2 amide bonds. The number of halogens is 1. The Morgan fingerprint density at radius 2 is 2.00 bits per heavy atom. The predicted octanol–water partition coefficient (Wildman–Crippen LogP) is 2.10. The van der Waals surface area contributed by atoms with E-state index in [2.05, 4.69) is 0 Å². The average molecular weight is 362 g/mol. The van der Waals surface area contributed by atoms with Crippen molar-refractivity contribution in [1.82, 2.24) is 9.80 Å². The Morgan fingerprint density at radius 1 is 1.27 bits per heavy atom. The minimum absolute atomic E-state index is 0.0604. The molecule has 142 valence electrons. The summed E-state index contributed by atoms with van der Waals surface area (Å²) in [4.78, 5) is 28.2. The van der Waals surface area contributed by atoms with Crippen molar-refractivity contribution in [3.8, 4) is 0 Å². The lowest BCUT2D eigenvalue weighted by molar-refractivity contribution is -0.133. The zero-order valence-corrected chi connectivity index (χ0v) is 15.5. The Hall–Kier alpha value is -1.95. The molecule has 2 atom stereocenters. The Kier molecular flexibility index (Phi) is 5.61. The van der Waals surface area contributed by atoms with Gasteiger partial charge in [-0.3, -0.25) is 9.59 Å². The van der Waals surface area contributed by atoms with Crippen molar-refractivity contribution in [3.05, 3.63) is 35.6 Å². The molecule has 5 nitrogen and oxygen atoms in total. The van der Waals surface area contributed by atoms with Crippen molar-refractivity contribution < 1.29 is 18.7 Å². The molecule has 2 aliphatic heterocycles. The number of nitrogens with zero attached hydrogens (tertiary/aromatic N) is 2. The van der Waals surface area contributed by atoms with E-state index in [9.17, 15) is 14.0 Å². The molecule has 0 spiro atoms. The van der Waals surface area contributed by atoms with Crippen LogP contribution in [0.2, 0.25) is 0 Å². The molecule has 0 aliphatic carbocycles. The van der Waals surface area contributed by atoms with E-state index in [4.69, 9.17) is 4.74 Å². The number of rotatable bonds is 5. The van der Waals surface area contributed by atoms with Crippen molar-refractivity contribution in [2.75, 3.05) is 39.4 Å². The highest BCUT2D eigenvalue weighted by atomic mass is 19.1. The summed E-state index contributed by atoms with van der Waals surface area (Å²) in [5, 5.41) is 0. The molecule has 6 heteroatoms. The van der Waals surface area contributed by atoms with Gasteiger partial charge in [0.25, 0.3) is 0 Å². The lowest BCUT2D eigenvalue weighted by atomic mass is 9.73. The van der Waals surface area contributed by atoms with E-state index in [1.165, 1.54) is 6.07 Å². The number of fused-ring (bicyclic) bond motifs is 1. The number of hydrogen-bond acceptors (Lipinski definition) is 3. The quantitative estimate of drug-likeness (QED) is 0.806. The largest absolute Gasteiger partial charge is 0.381 e. The molecular formula is C20H27FN2O3. The van der Waals surface area contributed by atoms with Crippen LogP contribution in [0.4, 0.5) is 4.39 Å². The molecule has 2 fully saturated rings. The van der Waals surface area contributed by atoms with E-state index >= 15 is 0 Å². The first-order valence-electron chi connectivity index (χ1n) is 9.29. The van der Waals surface area contributed by atoms with Gasteiger partial charge in [-0.1, -0.05) is 18.2 Å². The van der Waals surface area contributed by atoms with Crippen LogP contribution in [0.5, 0.6) is 0 Å². The minimum atomic E-state index is -0.343. The number of piperidine rings is 1. The monoisotopic (exact) mass is 362 g/mol. The molecule has 0 unspecified atom stereocenters. The summed E-state index contributed by atoms with van der Waals surface area (Å²) in [6.45, 7) is 7.37. The van der Waals surface area contributed by atoms with Gasteiger partial charge in [-0.05, 0) is 25.0 Å². The van der Waals surface area contributed by atoms with Gasteiger partial charge in [-0.2, -0.15) is 0 Å². The molecule has 0 bridgehead atoms. The Balaban J connectivity index is 1.73. The maximum Gasteiger partial charge on any atom is 0.227 e. The van der Waals surface area contributed by atoms with Crippen molar-refractivity contribution in [2.45, 2.75) is 26.7 Å². The van der Waals surface area contributed by atoms with Gasteiger partial charge in [0.15, 0.2) is 0 Å². The highest BCUT2D eigenvalue weighted by Crippen LogP contribution is 2.43. The summed E-state index contributed by atoms with van der Waals surface area (Å²) < 4.78 is 19.6. The van der Waals surface area contributed by atoms with Gasteiger partial charge in [0, 0.05) is 51.0 Å². The fraction of sp³-hybridized carbons (Fsp3) is 0.600. The number of benzene rings is 1. The Morgan fingerprint density at radius 3 is 2.69 bits per heavy atom.